The molecule has 1 fully saturated rings. The van der Waals surface area contributed by atoms with Crippen molar-refractivity contribution in [2.75, 3.05) is 19.5 Å². The number of pyridine rings is 1. The Morgan fingerprint density at radius 3 is 2.41 bits per heavy atom. The minimum absolute atomic E-state index is 0.0781. The monoisotopic (exact) mass is 552 g/mol. The zero-order valence-electron chi connectivity index (χ0n) is 19.8. The zero-order valence-corrected chi connectivity index (χ0v) is 21.3. The summed E-state index contributed by atoms with van der Waals surface area (Å²) in [5, 5.41) is 0.565. The minimum atomic E-state index is -3.03. The van der Waals surface area contributed by atoms with Gasteiger partial charge in [-0.25, -0.2) is 4.79 Å². The molecule has 37 heavy (non-hydrogen) atoms. The lowest BCUT2D eigenvalue weighted by molar-refractivity contribution is -0.0515. The number of benzene rings is 2. The first-order valence-electron chi connectivity index (χ1n) is 11.4. The number of carbonyl (C=O) groups excluding carboxylic acids is 1. The quantitative estimate of drug-likeness (QED) is 0.214. The third-order valence-corrected chi connectivity index (χ3v) is 6.44. The van der Waals surface area contributed by atoms with E-state index in [4.69, 9.17) is 43.1 Å². The summed E-state index contributed by atoms with van der Waals surface area (Å²) in [7, 11) is 1.46. The summed E-state index contributed by atoms with van der Waals surface area (Å²) >= 11 is 12.7. The van der Waals surface area contributed by atoms with E-state index in [0.29, 0.717) is 29.4 Å². The predicted molar refractivity (Wildman–Crippen MR) is 135 cm³/mol. The first kappa shape index (κ1) is 26.8. The molecule has 2 aromatic carbocycles. The average molecular weight is 553 g/mol. The van der Waals surface area contributed by atoms with E-state index in [1.165, 1.54) is 49.8 Å². The van der Waals surface area contributed by atoms with Crippen LogP contribution in [-0.2, 0) is 11.2 Å². The van der Waals surface area contributed by atoms with Crippen LogP contribution in [0.4, 0.5) is 14.5 Å². The van der Waals surface area contributed by atoms with E-state index in [1.54, 1.807) is 6.07 Å². The molecule has 1 atom stereocenters. The number of halogens is 4. The maximum absolute atomic E-state index is 13.1. The summed E-state index contributed by atoms with van der Waals surface area (Å²) in [6, 6.07) is 8.90. The Morgan fingerprint density at radius 1 is 1.08 bits per heavy atom. The van der Waals surface area contributed by atoms with Gasteiger partial charge in [0, 0.05) is 18.8 Å². The SMILES string of the molecule is COc1ccc(C(=O)O[C@@H](Cc2c(Cl)cncc2Cl)c2ccc(OC(F)F)c(OCC3CC3)c2)cc1N. The molecular weight excluding hydrogens is 529 g/mol. The second-order valence-corrected chi connectivity index (χ2v) is 9.29. The van der Waals surface area contributed by atoms with Gasteiger partial charge >= 0.3 is 12.6 Å². The summed E-state index contributed by atoms with van der Waals surface area (Å²) in [6.45, 7) is -2.67. The molecule has 0 amide bonds. The Hall–Kier alpha value is -3.30. The summed E-state index contributed by atoms with van der Waals surface area (Å²) in [5.41, 5.74) is 7.37. The Balaban J connectivity index is 1.68. The lowest BCUT2D eigenvalue weighted by atomic mass is 10.0. The van der Waals surface area contributed by atoms with Crippen LogP contribution < -0.4 is 19.9 Å². The lowest BCUT2D eigenvalue weighted by Crippen LogP contribution is -2.15. The van der Waals surface area contributed by atoms with Crippen molar-refractivity contribution in [3.63, 3.8) is 0 Å². The average Bonchev–Trinajstić information content (AvgIpc) is 3.69. The van der Waals surface area contributed by atoms with E-state index in [9.17, 15) is 13.6 Å². The normalized spacial score (nSPS) is 13.8. The van der Waals surface area contributed by atoms with Gasteiger partial charge < -0.3 is 24.7 Å². The van der Waals surface area contributed by atoms with E-state index < -0.39 is 18.7 Å². The number of nitrogens with zero attached hydrogens (tertiary/aromatic N) is 1. The van der Waals surface area contributed by atoms with Gasteiger partial charge in [-0.2, -0.15) is 8.78 Å². The maximum Gasteiger partial charge on any atom is 0.387 e. The number of methoxy groups -OCH3 is 1. The van der Waals surface area contributed by atoms with Gasteiger partial charge in [-0.15, -0.1) is 0 Å². The van der Waals surface area contributed by atoms with Gasteiger partial charge in [-0.3, -0.25) is 4.98 Å². The minimum Gasteiger partial charge on any atom is -0.495 e. The molecule has 0 radical (unpaired) electrons. The highest BCUT2D eigenvalue weighted by atomic mass is 35.5. The number of aromatic nitrogens is 1. The van der Waals surface area contributed by atoms with E-state index in [-0.39, 0.29) is 39.2 Å². The van der Waals surface area contributed by atoms with E-state index in [1.807, 2.05) is 0 Å². The molecule has 4 rings (SSSR count). The molecule has 1 aliphatic rings. The lowest BCUT2D eigenvalue weighted by Gasteiger charge is -2.22. The Kier molecular flexibility index (Phi) is 8.56. The molecule has 1 heterocycles. The standard InChI is InChI=1S/C26H24Cl2F2N2O5/c1-34-21-6-5-16(8-20(21)31)25(33)36-23(10-17-18(27)11-32-12-19(17)28)15-4-7-22(37-26(29)30)24(9-15)35-13-14-2-3-14/h4-9,11-12,14,23,26H,2-3,10,13,31H2,1H3/t23-/m0/s1. The molecule has 1 aromatic heterocycles. The van der Waals surface area contributed by atoms with Gasteiger partial charge in [-0.05, 0) is 60.2 Å². The topological polar surface area (TPSA) is 92.9 Å². The van der Waals surface area contributed by atoms with Gasteiger partial charge in [0.1, 0.15) is 11.9 Å². The molecule has 0 saturated heterocycles. The highest BCUT2D eigenvalue weighted by Crippen LogP contribution is 2.38. The molecule has 2 N–H and O–H groups in total. The number of ether oxygens (including phenoxy) is 4. The van der Waals surface area contributed by atoms with Crippen molar-refractivity contribution < 1.29 is 32.5 Å². The van der Waals surface area contributed by atoms with Crippen molar-refractivity contribution in [1.82, 2.24) is 4.98 Å². The number of hydrogen-bond donors (Lipinski definition) is 1. The van der Waals surface area contributed by atoms with Crippen LogP contribution in [0.25, 0.3) is 0 Å². The van der Waals surface area contributed by atoms with Crippen LogP contribution in [0.5, 0.6) is 17.2 Å². The fraction of sp³-hybridized carbons (Fsp3) is 0.308. The molecule has 0 spiro atoms. The number of hydrogen-bond acceptors (Lipinski definition) is 7. The molecule has 11 heteroatoms. The number of nitrogens with two attached hydrogens (primary N) is 1. The Morgan fingerprint density at radius 2 is 1.78 bits per heavy atom. The van der Waals surface area contributed by atoms with Gasteiger partial charge in [0.2, 0.25) is 0 Å². The van der Waals surface area contributed by atoms with Crippen LogP contribution in [0.1, 0.15) is 40.4 Å². The molecule has 0 aliphatic heterocycles. The molecule has 0 unspecified atom stereocenters. The van der Waals surface area contributed by atoms with Crippen LogP contribution in [0.2, 0.25) is 10.0 Å². The number of anilines is 1. The summed E-state index contributed by atoms with van der Waals surface area (Å²) < 4.78 is 47.4. The molecular formula is C26H24Cl2F2N2O5. The second-order valence-electron chi connectivity index (χ2n) is 8.48. The molecule has 0 bridgehead atoms. The van der Waals surface area contributed by atoms with Crippen molar-refractivity contribution in [2.24, 2.45) is 5.92 Å². The van der Waals surface area contributed by atoms with Crippen LogP contribution in [0.15, 0.2) is 48.8 Å². The second kappa shape index (κ2) is 11.8. The predicted octanol–water partition coefficient (Wildman–Crippen LogP) is 6.51. The van der Waals surface area contributed by atoms with E-state index in [0.717, 1.165) is 12.8 Å². The smallest absolute Gasteiger partial charge is 0.387 e. The number of carbonyl (C=O) groups is 1. The summed E-state index contributed by atoms with van der Waals surface area (Å²) in [4.78, 5) is 17.1. The van der Waals surface area contributed by atoms with Crippen molar-refractivity contribution in [3.05, 3.63) is 75.5 Å². The van der Waals surface area contributed by atoms with Gasteiger partial charge in [-0.1, -0.05) is 29.3 Å². The van der Waals surface area contributed by atoms with Crippen molar-refractivity contribution in [1.29, 1.82) is 0 Å². The first-order valence-corrected chi connectivity index (χ1v) is 12.1. The fourth-order valence-electron chi connectivity index (χ4n) is 3.63. The van der Waals surface area contributed by atoms with Crippen LogP contribution in [0, 0.1) is 5.92 Å². The van der Waals surface area contributed by atoms with Crippen molar-refractivity contribution in [3.8, 4) is 17.2 Å². The Bertz CT molecular complexity index is 1250. The van der Waals surface area contributed by atoms with Crippen LogP contribution in [0.3, 0.4) is 0 Å². The number of esters is 1. The van der Waals surface area contributed by atoms with Gasteiger partial charge in [0.05, 0.1) is 35.0 Å². The largest absolute Gasteiger partial charge is 0.495 e. The van der Waals surface area contributed by atoms with Crippen molar-refractivity contribution in [2.45, 2.75) is 32.0 Å². The van der Waals surface area contributed by atoms with Crippen LogP contribution >= 0.6 is 23.2 Å². The first-order chi connectivity index (χ1) is 17.7. The summed E-state index contributed by atoms with van der Waals surface area (Å²) in [5.74, 6) is 0.106. The maximum atomic E-state index is 13.1. The van der Waals surface area contributed by atoms with Crippen LogP contribution in [-0.4, -0.2) is 31.3 Å². The molecule has 3 aromatic rings. The third-order valence-electron chi connectivity index (χ3n) is 5.78. The number of rotatable bonds is 11. The third kappa shape index (κ3) is 6.93. The van der Waals surface area contributed by atoms with E-state index in [2.05, 4.69) is 9.72 Å². The molecule has 1 aliphatic carbocycles. The highest BCUT2D eigenvalue weighted by Gasteiger charge is 2.26. The fourth-order valence-corrected chi connectivity index (χ4v) is 4.15. The molecule has 1 saturated carbocycles. The van der Waals surface area contributed by atoms with E-state index >= 15 is 0 Å². The zero-order chi connectivity index (χ0) is 26.5. The Labute approximate surface area is 222 Å². The van der Waals surface area contributed by atoms with Gasteiger partial charge in [0.15, 0.2) is 11.5 Å². The highest BCUT2D eigenvalue weighted by molar-refractivity contribution is 6.35. The number of alkyl halides is 2. The number of nitrogen functional groups attached to an aromatic ring is 1. The molecule has 196 valence electrons. The van der Waals surface area contributed by atoms with Crippen molar-refractivity contribution >= 4 is 34.9 Å². The van der Waals surface area contributed by atoms with Gasteiger partial charge in [0.25, 0.3) is 0 Å². The summed E-state index contributed by atoms with van der Waals surface area (Å²) in [6.07, 6.45) is 4.03. The molecule has 7 nitrogen and oxygen atoms in total.